The molecule has 1 N–H and O–H groups in total. The van der Waals surface area contributed by atoms with Crippen LogP contribution in [0.1, 0.15) is 21.5 Å². The highest BCUT2D eigenvalue weighted by atomic mass is 16.4. The van der Waals surface area contributed by atoms with E-state index in [1.807, 2.05) is 42.5 Å². The summed E-state index contributed by atoms with van der Waals surface area (Å²) >= 11 is 0. The average molecular weight is 326 g/mol. The smallest absolute Gasteiger partial charge is 0.336 e. The molecule has 0 spiro atoms. The van der Waals surface area contributed by atoms with Gasteiger partial charge in [-0.1, -0.05) is 36.4 Å². The van der Waals surface area contributed by atoms with Crippen molar-refractivity contribution in [3.05, 3.63) is 71.3 Å². The Morgan fingerprint density at radius 2 is 1.60 bits per heavy atom. The number of benzene rings is 2. The van der Waals surface area contributed by atoms with E-state index in [1.54, 1.807) is 0 Å². The molecule has 0 unspecified atom stereocenters. The summed E-state index contributed by atoms with van der Waals surface area (Å²) in [6, 6.07) is 17.6. The Morgan fingerprint density at radius 3 is 2.44 bits per heavy atom. The molecule has 0 saturated heterocycles. The van der Waals surface area contributed by atoms with Gasteiger partial charge in [0.25, 0.3) is 0 Å². The Hall–Kier alpha value is -3.27. The molecule has 0 fully saturated rings. The molecule has 4 nitrogen and oxygen atoms in total. The fourth-order valence-corrected chi connectivity index (χ4v) is 3.75. The van der Waals surface area contributed by atoms with Gasteiger partial charge in [0.2, 0.25) is 0 Å². The van der Waals surface area contributed by atoms with E-state index in [4.69, 9.17) is 9.97 Å². The average Bonchev–Trinajstić information content (AvgIpc) is 2.64. The molecule has 25 heavy (non-hydrogen) atoms. The molecule has 4 heteroatoms. The van der Waals surface area contributed by atoms with Crippen molar-refractivity contribution < 1.29 is 9.90 Å². The number of aromatic nitrogens is 2. The zero-order valence-electron chi connectivity index (χ0n) is 13.4. The summed E-state index contributed by atoms with van der Waals surface area (Å²) in [6.07, 6.45) is 1.45. The predicted molar refractivity (Wildman–Crippen MR) is 96.8 cm³/mol. The largest absolute Gasteiger partial charge is 0.478 e. The Kier molecular flexibility index (Phi) is 2.88. The normalized spacial score (nSPS) is 12.8. The molecule has 2 aromatic carbocycles. The van der Waals surface area contributed by atoms with Gasteiger partial charge >= 0.3 is 5.97 Å². The third-order valence-electron chi connectivity index (χ3n) is 4.88. The van der Waals surface area contributed by atoms with Gasteiger partial charge in [-0.05, 0) is 42.2 Å². The van der Waals surface area contributed by atoms with Crippen LogP contribution in [0.5, 0.6) is 0 Å². The second-order valence-corrected chi connectivity index (χ2v) is 6.33. The van der Waals surface area contributed by atoms with Gasteiger partial charge in [-0.3, -0.25) is 0 Å². The van der Waals surface area contributed by atoms with E-state index in [0.29, 0.717) is 28.6 Å². The summed E-state index contributed by atoms with van der Waals surface area (Å²) in [4.78, 5) is 21.6. The lowest BCUT2D eigenvalue weighted by molar-refractivity contribution is 0.0698. The summed E-state index contributed by atoms with van der Waals surface area (Å²) in [5, 5.41) is 11.6. The molecule has 4 aromatic rings. The van der Waals surface area contributed by atoms with Crippen LogP contribution in [0.25, 0.3) is 33.2 Å². The SMILES string of the molecule is O=C(O)c1c2c(nc3ccccc13)-c1nc3ccccc3cc1CC2. The Morgan fingerprint density at radius 1 is 0.880 bits per heavy atom. The second-order valence-electron chi connectivity index (χ2n) is 6.33. The Labute approximate surface area is 143 Å². The lowest BCUT2D eigenvalue weighted by Crippen LogP contribution is -2.14. The van der Waals surface area contributed by atoms with E-state index < -0.39 is 5.97 Å². The van der Waals surface area contributed by atoms with Crippen LogP contribution in [-0.2, 0) is 12.8 Å². The van der Waals surface area contributed by atoms with Crippen molar-refractivity contribution in [2.45, 2.75) is 12.8 Å². The second kappa shape index (κ2) is 5.11. The molecular formula is C21H14N2O2. The molecule has 0 saturated carbocycles. The molecule has 1 aliphatic rings. The van der Waals surface area contributed by atoms with Gasteiger partial charge in [0, 0.05) is 10.8 Å². The minimum Gasteiger partial charge on any atom is -0.478 e. The summed E-state index contributed by atoms with van der Waals surface area (Å²) < 4.78 is 0. The van der Waals surface area contributed by atoms with Crippen molar-refractivity contribution in [3.8, 4) is 11.4 Å². The lowest BCUT2D eigenvalue weighted by atomic mass is 9.87. The van der Waals surface area contributed by atoms with Gasteiger partial charge in [0.15, 0.2) is 0 Å². The van der Waals surface area contributed by atoms with Crippen molar-refractivity contribution in [2.75, 3.05) is 0 Å². The molecule has 0 aliphatic heterocycles. The number of hydrogen-bond acceptors (Lipinski definition) is 3. The van der Waals surface area contributed by atoms with Gasteiger partial charge in [0.05, 0.1) is 28.0 Å². The van der Waals surface area contributed by atoms with Crippen molar-refractivity contribution in [3.63, 3.8) is 0 Å². The quantitative estimate of drug-likeness (QED) is 0.568. The molecular weight excluding hydrogens is 312 g/mol. The summed E-state index contributed by atoms with van der Waals surface area (Å²) in [6.45, 7) is 0. The van der Waals surface area contributed by atoms with E-state index in [9.17, 15) is 9.90 Å². The highest BCUT2D eigenvalue weighted by molar-refractivity contribution is 6.06. The minimum atomic E-state index is -0.904. The fourth-order valence-electron chi connectivity index (χ4n) is 3.75. The van der Waals surface area contributed by atoms with Gasteiger partial charge < -0.3 is 5.11 Å². The number of aryl methyl sites for hydroxylation is 1. The van der Waals surface area contributed by atoms with Gasteiger partial charge in [0.1, 0.15) is 0 Å². The standard InChI is InChI=1S/C21H14N2O2/c24-21(25)18-14-6-2-4-8-17(14)23-20-15(18)10-9-13-11-12-5-1-3-7-16(12)22-19(13)20/h1-8,11H,9-10H2,(H,24,25). The highest BCUT2D eigenvalue weighted by Crippen LogP contribution is 2.37. The van der Waals surface area contributed by atoms with E-state index in [0.717, 1.165) is 34.1 Å². The number of carbonyl (C=O) groups is 1. The van der Waals surface area contributed by atoms with Gasteiger partial charge in [-0.25, -0.2) is 14.8 Å². The van der Waals surface area contributed by atoms with Crippen molar-refractivity contribution >= 4 is 27.8 Å². The maximum absolute atomic E-state index is 12.0. The van der Waals surface area contributed by atoms with Crippen molar-refractivity contribution in [2.24, 2.45) is 0 Å². The molecule has 2 heterocycles. The number of para-hydroxylation sites is 2. The van der Waals surface area contributed by atoms with Crippen molar-refractivity contribution in [1.82, 2.24) is 9.97 Å². The monoisotopic (exact) mass is 326 g/mol. The number of fused-ring (bicyclic) bond motifs is 5. The maximum atomic E-state index is 12.0. The summed E-state index contributed by atoms with van der Waals surface area (Å²) in [5.74, 6) is -0.904. The topological polar surface area (TPSA) is 63.1 Å². The number of hydrogen-bond donors (Lipinski definition) is 1. The first-order valence-electron chi connectivity index (χ1n) is 8.26. The molecule has 120 valence electrons. The van der Waals surface area contributed by atoms with Crippen LogP contribution in [0.4, 0.5) is 0 Å². The number of nitrogens with zero attached hydrogens (tertiary/aromatic N) is 2. The zero-order valence-corrected chi connectivity index (χ0v) is 13.4. The third-order valence-corrected chi connectivity index (χ3v) is 4.88. The number of carboxylic acids is 1. The van der Waals surface area contributed by atoms with Crippen LogP contribution >= 0.6 is 0 Å². The number of rotatable bonds is 1. The number of carboxylic acid groups (broad SMARTS) is 1. The first-order chi connectivity index (χ1) is 12.2. The molecule has 5 rings (SSSR count). The maximum Gasteiger partial charge on any atom is 0.336 e. The highest BCUT2D eigenvalue weighted by Gasteiger charge is 2.26. The predicted octanol–water partition coefficient (Wildman–Crippen LogP) is 4.25. The minimum absolute atomic E-state index is 0.362. The number of aromatic carboxylic acids is 1. The molecule has 0 radical (unpaired) electrons. The Bertz CT molecular complexity index is 1180. The van der Waals surface area contributed by atoms with E-state index in [1.165, 1.54) is 0 Å². The lowest BCUT2D eigenvalue weighted by Gasteiger charge is -2.21. The van der Waals surface area contributed by atoms with Gasteiger partial charge in [-0.15, -0.1) is 0 Å². The van der Waals surface area contributed by atoms with E-state index in [-0.39, 0.29) is 0 Å². The Balaban J connectivity index is 1.90. The molecule has 0 bridgehead atoms. The first-order valence-corrected chi connectivity index (χ1v) is 8.26. The van der Waals surface area contributed by atoms with Crippen LogP contribution in [0.3, 0.4) is 0 Å². The van der Waals surface area contributed by atoms with Crippen LogP contribution in [0, 0.1) is 0 Å². The van der Waals surface area contributed by atoms with Crippen molar-refractivity contribution in [1.29, 1.82) is 0 Å². The molecule has 1 aliphatic carbocycles. The summed E-state index contributed by atoms with van der Waals surface area (Å²) in [7, 11) is 0. The first kappa shape index (κ1) is 14.1. The molecule has 0 atom stereocenters. The van der Waals surface area contributed by atoms with E-state index in [2.05, 4.69) is 12.1 Å². The zero-order chi connectivity index (χ0) is 17.0. The van der Waals surface area contributed by atoms with Gasteiger partial charge in [-0.2, -0.15) is 0 Å². The molecule has 2 aromatic heterocycles. The van der Waals surface area contributed by atoms with Crippen LogP contribution in [0.2, 0.25) is 0 Å². The van der Waals surface area contributed by atoms with Crippen LogP contribution in [-0.4, -0.2) is 21.0 Å². The third kappa shape index (κ3) is 2.04. The summed E-state index contributed by atoms with van der Waals surface area (Å²) in [5.41, 5.74) is 5.41. The van der Waals surface area contributed by atoms with Crippen LogP contribution < -0.4 is 0 Å². The van der Waals surface area contributed by atoms with Crippen LogP contribution in [0.15, 0.2) is 54.6 Å². The number of pyridine rings is 2. The van der Waals surface area contributed by atoms with E-state index >= 15 is 0 Å². The molecule has 0 amide bonds. The fraction of sp³-hybridized carbons (Fsp3) is 0.0952.